The van der Waals surface area contributed by atoms with E-state index in [2.05, 4.69) is 15.3 Å². The van der Waals surface area contributed by atoms with Crippen LogP contribution >= 0.6 is 0 Å². The lowest BCUT2D eigenvalue weighted by molar-refractivity contribution is -0.206. The number of aromatic nitrogens is 2. The van der Waals surface area contributed by atoms with Gasteiger partial charge in [-0.05, 0) is 48.0 Å². The van der Waals surface area contributed by atoms with Gasteiger partial charge in [0.05, 0.1) is 29.7 Å². The van der Waals surface area contributed by atoms with E-state index < -0.39 is 41.3 Å². The Balaban J connectivity index is 1.87. The van der Waals surface area contributed by atoms with Gasteiger partial charge in [0.25, 0.3) is 5.91 Å². The van der Waals surface area contributed by atoms with Crippen molar-refractivity contribution in [3.05, 3.63) is 83.1 Å². The van der Waals surface area contributed by atoms with Crippen LogP contribution in [0.15, 0.2) is 54.9 Å². The average molecular weight is 473 g/mol. The molecule has 1 amide bonds. The second kappa shape index (κ2) is 9.14. The van der Waals surface area contributed by atoms with Crippen molar-refractivity contribution in [1.29, 1.82) is 0 Å². The van der Waals surface area contributed by atoms with Crippen molar-refractivity contribution in [2.24, 2.45) is 0 Å². The molecular formula is C21H14F7N3O2. The van der Waals surface area contributed by atoms with E-state index in [-0.39, 0.29) is 29.1 Å². The number of rotatable bonds is 5. The molecule has 1 unspecified atom stereocenters. The Morgan fingerprint density at radius 2 is 1.70 bits per heavy atom. The van der Waals surface area contributed by atoms with E-state index in [9.17, 15) is 40.6 Å². The number of carbonyl (C=O) groups is 1. The minimum Gasteiger partial charge on any atom is -0.379 e. The number of pyridine rings is 2. The normalized spacial score (nSPS) is 13.0. The predicted molar refractivity (Wildman–Crippen MR) is 101 cm³/mol. The van der Waals surface area contributed by atoms with E-state index in [1.54, 1.807) is 0 Å². The van der Waals surface area contributed by atoms with E-state index in [4.69, 9.17) is 0 Å². The molecule has 0 aliphatic rings. The maximum atomic E-state index is 13.1. The molecule has 174 valence electrons. The average Bonchev–Trinajstić information content (AvgIpc) is 2.76. The maximum absolute atomic E-state index is 13.1. The number of hydrogen-bond donors (Lipinski definition) is 2. The van der Waals surface area contributed by atoms with Gasteiger partial charge in [-0.3, -0.25) is 14.8 Å². The third kappa shape index (κ3) is 6.04. The van der Waals surface area contributed by atoms with E-state index in [1.165, 1.54) is 12.1 Å². The summed E-state index contributed by atoms with van der Waals surface area (Å²) in [5.74, 6) is -1.57. The summed E-state index contributed by atoms with van der Waals surface area (Å²) in [5.41, 5.74) is -1.79. The van der Waals surface area contributed by atoms with E-state index >= 15 is 0 Å². The Kier molecular flexibility index (Phi) is 6.68. The van der Waals surface area contributed by atoms with Gasteiger partial charge >= 0.3 is 12.4 Å². The lowest BCUT2D eigenvalue weighted by Gasteiger charge is -2.17. The molecule has 33 heavy (non-hydrogen) atoms. The summed E-state index contributed by atoms with van der Waals surface area (Å²) in [6.45, 7) is -0.312. The fourth-order valence-corrected chi connectivity index (χ4v) is 2.79. The number of carbonyl (C=O) groups excluding carboxylic acids is 1. The minimum absolute atomic E-state index is 0.00797. The van der Waals surface area contributed by atoms with Crippen molar-refractivity contribution in [3.63, 3.8) is 0 Å². The van der Waals surface area contributed by atoms with Gasteiger partial charge in [0.2, 0.25) is 0 Å². The van der Waals surface area contributed by atoms with Crippen molar-refractivity contribution < 1.29 is 40.6 Å². The minimum atomic E-state index is -5.02. The molecule has 0 saturated heterocycles. The summed E-state index contributed by atoms with van der Waals surface area (Å²) in [4.78, 5) is 19.9. The molecule has 3 aromatic rings. The first-order valence-corrected chi connectivity index (χ1v) is 9.16. The van der Waals surface area contributed by atoms with Crippen molar-refractivity contribution in [1.82, 2.24) is 15.3 Å². The molecule has 0 fully saturated rings. The Hall–Kier alpha value is -3.54. The van der Waals surface area contributed by atoms with Crippen molar-refractivity contribution in [2.75, 3.05) is 0 Å². The number of hydrogen-bond acceptors (Lipinski definition) is 4. The number of amides is 1. The van der Waals surface area contributed by atoms with Crippen LogP contribution in [0, 0.1) is 5.82 Å². The molecule has 2 N–H and O–H groups in total. The first-order valence-electron chi connectivity index (χ1n) is 9.16. The molecule has 0 aliphatic carbocycles. The Morgan fingerprint density at radius 3 is 2.24 bits per heavy atom. The molecular weight excluding hydrogens is 459 g/mol. The van der Waals surface area contributed by atoms with Gasteiger partial charge in [0.1, 0.15) is 5.82 Å². The molecule has 12 heteroatoms. The third-order valence-corrected chi connectivity index (χ3v) is 4.45. The van der Waals surface area contributed by atoms with Crippen LogP contribution in [0.1, 0.15) is 33.3 Å². The SMILES string of the molecule is O=C(NCc1ccc(C(F)(F)F)cn1)c1cc(-c2ccc(F)cn2)cc(C(O)C(F)(F)F)c1. The Bertz CT molecular complexity index is 1130. The number of benzene rings is 1. The van der Waals surface area contributed by atoms with Gasteiger partial charge in [-0.25, -0.2) is 4.39 Å². The number of nitrogens with zero attached hydrogens (tertiary/aromatic N) is 2. The van der Waals surface area contributed by atoms with E-state index in [0.717, 1.165) is 36.5 Å². The van der Waals surface area contributed by atoms with Gasteiger partial charge in [-0.15, -0.1) is 0 Å². The predicted octanol–water partition coefficient (Wildman–Crippen LogP) is 4.83. The van der Waals surface area contributed by atoms with Crippen molar-refractivity contribution >= 4 is 5.91 Å². The van der Waals surface area contributed by atoms with Crippen LogP contribution in [0.5, 0.6) is 0 Å². The number of aliphatic hydroxyl groups excluding tert-OH is 1. The summed E-state index contributed by atoms with van der Waals surface area (Å²) in [6.07, 6.45) is -11.1. The molecule has 0 saturated carbocycles. The van der Waals surface area contributed by atoms with Gasteiger partial charge in [-0.2, -0.15) is 26.3 Å². The Morgan fingerprint density at radius 1 is 0.970 bits per heavy atom. The van der Waals surface area contributed by atoms with E-state index in [1.807, 2.05) is 0 Å². The number of alkyl halides is 6. The maximum Gasteiger partial charge on any atom is 0.418 e. The molecule has 0 radical (unpaired) electrons. The van der Waals surface area contributed by atoms with Crippen LogP contribution in [-0.4, -0.2) is 27.2 Å². The standard InChI is InChI=1S/C21H14F7N3O2/c22-15-2-4-17(30-9-15)11-5-12(18(32)21(26,27)28)7-13(6-11)19(33)31-10-16-3-1-14(8-29-16)20(23,24)25/h1-9,18,32H,10H2,(H,31,33). The topological polar surface area (TPSA) is 75.1 Å². The molecule has 0 spiro atoms. The Labute approximate surface area is 181 Å². The van der Waals surface area contributed by atoms with Crippen LogP contribution in [0.3, 0.4) is 0 Å². The van der Waals surface area contributed by atoms with Gasteiger partial charge in [0, 0.05) is 17.3 Å². The van der Waals surface area contributed by atoms with Gasteiger partial charge < -0.3 is 10.4 Å². The van der Waals surface area contributed by atoms with Crippen molar-refractivity contribution in [3.8, 4) is 11.3 Å². The lowest BCUT2D eigenvalue weighted by atomic mass is 9.99. The summed E-state index contributed by atoms with van der Waals surface area (Å²) < 4.78 is 90.1. The third-order valence-electron chi connectivity index (χ3n) is 4.45. The smallest absolute Gasteiger partial charge is 0.379 e. The molecule has 0 bridgehead atoms. The lowest BCUT2D eigenvalue weighted by Crippen LogP contribution is -2.25. The number of halogens is 7. The monoisotopic (exact) mass is 473 g/mol. The summed E-state index contributed by atoms with van der Waals surface area (Å²) in [5, 5.41) is 12.0. The van der Waals surface area contributed by atoms with Gasteiger partial charge in [0.15, 0.2) is 6.10 Å². The number of nitrogens with one attached hydrogen (secondary N) is 1. The summed E-state index contributed by atoms with van der Waals surface area (Å²) in [7, 11) is 0. The first-order chi connectivity index (χ1) is 15.3. The molecule has 2 aromatic heterocycles. The zero-order valence-electron chi connectivity index (χ0n) is 16.4. The highest BCUT2D eigenvalue weighted by Gasteiger charge is 2.40. The highest BCUT2D eigenvalue weighted by molar-refractivity contribution is 5.95. The molecule has 3 rings (SSSR count). The highest BCUT2D eigenvalue weighted by Crippen LogP contribution is 2.35. The van der Waals surface area contributed by atoms with Crippen LogP contribution in [-0.2, 0) is 12.7 Å². The highest BCUT2D eigenvalue weighted by atomic mass is 19.4. The second-order valence-corrected chi connectivity index (χ2v) is 6.87. The molecule has 5 nitrogen and oxygen atoms in total. The van der Waals surface area contributed by atoms with Crippen LogP contribution in [0.25, 0.3) is 11.3 Å². The van der Waals surface area contributed by atoms with Crippen LogP contribution in [0.4, 0.5) is 30.7 Å². The molecule has 0 aliphatic heterocycles. The van der Waals surface area contributed by atoms with Gasteiger partial charge in [-0.1, -0.05) is 0 Å². The van der Waals surface area contributed by atoms with Crippen LogP contribution in [0.2, 0.25) is 0 Å². The molecule has 1 aromatic carbocycles. The zero-order valence-corrected chi connectivity index (χ0v) is 16.4. The zero-order chi connectivity index (χ0) is 24.4. The fourth-order valence-electron chi connectivity index (χ4n) is 2.79. The van der Waals surface area contributed by atoms with Crippen LogP contribution < -0.4 is 5.32 Å². The summed E-state index contributed by atoms with van der Waals surface area (Å²) >= 11 is 0. The largest absolute Gasteiger partial charge is 0.418 e. The fraction of sp³-hybridized carbons (Fsp3) is 0.190. The van der Waals surface area contributed by atoms with E-state index in [0.29, 0.717) is 6.20 Å². The molecule has 2 heterocycles. The van der Waals surface area contributed by atoms with Crippen molar-refractivity contribution in [2.45, 2.75) is 25.0 Å². The number of aliphatic hydroxyl groups is 1. The summed E-state index contributed by atoms with van der Waals surface area (Å²) in [6, 6.07) is 6.98. The first kappa shape index (κ1) is 24.1. The molecule has 1 atom stereocenters. The second-order valence-electron chi connectivity index (χ2n) is 6.87. The quantitative estimate of drug-likeness (QED) is 0.521.